The maximum Gasteiger partial charge on any atom is 0.305 e. The molecule has 1 heterocycles. The monoisotopic (exact) mass is 361 g/mol. The predicted molar refractivity (Wildman–Crippen MR) is 94.7 cm³/mol. The Hall–Kier alpha value is -2.74. The van der Waals surface area contributed by atoms with Crippen molar-refractivity contribution >= 4 is 34.3 Å². The average Bonchev–Trinajstić information content (AvgIpc) is 3.04. The van der Waals surface area contributed by atoms with Gasteiger partial charge in [-0.25, -0.2) is 4.98 Å². The number of hydrogen-bond acceptors (Lipinski definition) is 5. The van der Waals surface area contributed by atoms with Crippen molar-refractivity contribution in [1.29, 1.82) is 0 Å². The molecule has 0 atom stereocenters. The highest BCUT2D eigenvalue weighted by Crippen LogP contribution is 2.17. The molecule has 2 amide bonds. The number of carboxylic acid groups (broad SMARTS) is 1. The number of rotatable bonds is 8. The highest BCUT2D eigenvalue weighted by atomic mass is 32.1. The van der Waals surface area contributed by atoms with Crippen molar-refractivity contribution in [3.63, 3.8) is 0 Å². The highest BCUT2D eigenvalue weighted by Gasteiger charge is 2.19. The molecule has 2 rings (SSSR count). The Morgan fingerprint density at radius 2 is 1.96 bits per heavy atom. The van der Waals surface area contributed by atoms with Gasteiger partial charge in [0.1, 0.15) is 5.69 Å². The van der Waals surface area contributed by atoms with Crippen molar-refractivity contribution in [3.8, 4) is 0 Å². The van der Waals surface area contributed by atoms with Gasteiger partial charge in [0.2, 0.25) is 5.91 Å². The average molecular weight is 361 g/mol. The molecule has 2 aromatic rings. The van der Waals surface area contributed by atoms with Gasteiger partial charge in [0.25, 0.3) is 5.91 Å². The highest BCUT2D eigenvalue weighted by molar-refractivity contribution is 7.14. The molecule has 0 saturated carbocycles. The molecule has 0 fully saturated rings. The number of carbonyl (C=O) groups excluding carboxylic acids is 2. The van der Waals surface area contributed by atoms with Gasteiger partial charge in [0, 0.05) is 18.5 Å². The maximum atomic E-state index is 12.3. The van der Waals surface area contributed by atoms with Crippen LogP contribution in [-0.4, -0.2) is 45.9 Å². The third kappa shape index (κ3) is 5.68. The van der Waals surface area contributed by atoms with E-state index in [1.54, 1.807) is 12.3 Å². The second kappa shape index (κ2) is 8.93. The molecule has 2 N–H and O–H groups in total. The van der Waals surface area contributed by atoms with E-state index in [1.807, 2.05) is 30.3 Å². The van der Waals surface area contributed by atoms with Gasteiger partial charge >= 0.3 is 5.97 Å². The summed E-state index contributed by atoms with van der Waals surface area (Å²) in [6.45, 7) is 2.28. The number of thiazole rings is 1. The largest absolute Gasteiger partial charge is 0.481 e. The predicted octanol–water partition coefficient (Wildman–Crippen LogP) is 2.26. The normalized spacial score (nSPS) is 10.3. The number of carboxylic acids is 1. The van der Waals surface area contributed by atoms with Crippen molar-refractivity contribution in [1.82, 2.24) is 9.88 Å². The van der Waals surface area contributed by atoms with Gasteiger partial charge in [0.05, 0.1) is 12.8 Å². The SMILES string of the molecule is CCN(CCC(=O)O)C(=O)c1csc(NC(=O)Cc2ccccc2)n1. The number of hydrogen-bond donors (Lipinski definition) is 2. The van der Waals surface area contributed by atoms with Crippen LogP contribution >= 0.6 is 11.3 Å². The van der Waals surface area contributed by atoms with Crippen LogP contribution in [0.4, 0.5) is 5.13 Å². The van der Waals surface area contributed by atoms with Gasteiger partial charge < -0.3 is 15.3 Å². The van der Waals surface area contributed by atoms with Crippen molar-refractivity contribution in [3.05, 3.63) is 47.0 Å². The summed E-state index contributed by atoms with van der Waals surface area (Å²) in [5.41, 5.74) is 1.09. The van der Waals surface area contributed by atoms with Gasteiger partial charge in [0.15, 0.2) is 5.13 Å². The molecule has 0 bridgehead atoms. The Morgan fingerprint density at radius 3 is 2.60 bits per heavy atom. The Balaban J connectivity index is 1.95. The summed E-state index contributed by atoms with van der Waals surface area (Å²) >= 11 is 1.16. The van der Waals surface area contributed by atoms with Crippen molar-refractivity contribution in [2.75, 3.05) is 18.4 Å². The molecule has 0 unspecified atom stereocenters. The third-order valence-corrected chi connectivity index (χ3v) is 4.20. The van der Waals surface area contributed by atoms with Crippen LogP contribution in [0.3, 0.4) is 0 Å². The molecular weight excluding hydrogens is 342 g/mol. The molecule has 1 aromatic heterocycles. The number of benzene rings is 1. The second-order valence-electron chi connectivity index (χ2n) is 5.28. The molecule has 0 aliphatic rings. The van der Waals surface area contributed by atoms with Crippen LogP contribution in [0.5, 0.6) is 0 Å². The number of nitrogens with zero attached hydrogens (tertiary/aromatic N) is 2. The van der Waals surface area contributed by atoms with Crippen LogP contribution in [0.1, 0.15) is 29.4 Å². The van der Waals surface area contributed by atoms with E-state index in [0.717, 1.165) is 16.9 Å². The summed E-state index contributed by atoms with van der Waals surface area (Å²) in [5.74, 6) is -1.51. The molecule has 0 radical (unpaired) electrons. The lowest BCUT2D eigenvalue weighted by Crippen LogP contribution is -2.33. The molecule has 0 spiro atoms. The van der Waals surface area contributed by atoms with E-state index in [0.29, 0.717) is 11.7 Å². The van der Waals surface area contributed by atoms with Crippen LogP contribution in [-0.2, 0) is 16.0 Å². The fraction of sp³-hybridized carbons (Fsp3) is 0.294. The van der Waals surface area contributed by atoms with Crippen molar-refractivity contribution in [2.45, 2.75) is 19.8 Å². The minimum absolute atomic E-state index is 0.121. The number of aromatic nitrogens is 1. The van der Waals surface area contributed by atoms with Crippen LogP contribution < -0.4 is 5.32 Å². The number of anilines is 1. The van der Waals surface area contributed by atoms with Gasteiger partial charge in [-0.15, -0.1) is 11.3 Å². The minimum Gasteiger partial charge on any atom is -0.481 e. The van der Waals surface area contributed by atoms with Crippen LogP contribution in [0, 0.1) is 0 Å². The van der Waals surface area contributed by atoms with E-state index in [4.69, 9.17) is 5.11 Å². The number of nitrogens with one attached hydrogen (secondary N) is 1. The summed E-state index contributed by atoms with van der Waals surface area (Å²) in [6, 6.07) is 9.32. The lowest BCUT2D eigenvalue weighted by Gasteiger charge is -2.18. The van der Waals surface area contributed by atoms with E-state index in [2.05, 4.69) is 10.3 Å². The zero-order valence-corrected chi connectivity index (χ0v) is 14.6. The topological polar surface area (TPSA) is 99.6 Å². The smallest absolute Gasteiger partial charge is 0.305 e. The maximum absolute atomic E-state index is 12.3. The molecule has 132 valence electrons. The van der Waals surface area contributed by atoms with Gasteiger partial charge in [-0.05, 0) is 12.5 Å². The van der Waals surface area contributed by atoms with Crippen LogP contribution in [0.2, 0.25) is 0 Å². The van der Waals surface area contributed by atoms with Crippen LogP contribution in [0.15, 0.2) is 35.7 Å². The number of aliphatic carboxylic acids is 1. The number of carbonyl (C=O) groups is 3. The number of amides is 2. The first-order chi connectivity index (χ1) is 12.0. The summed E-state index contributed by atoms with van der Waals surface area (Å²) in [4.78, 5) is 40.6. The van der Waals surface area contributed by atoms with Crippen molar-refractivity contribution < 1.29 is 19.5 Å². The van der Waals surface area contributed by atoms with Crippen LogP contribution in [0.25, 0.3) is 0 Å². The van der Waals surface area contributed by atoms with Gasteiger partial charge in [-0.1, -0.05) is 30.3 Å². The Bertz CT molecular complexity index is 745. The summed E-state index contributed by atoms with van der Waals surface area (Å²) < 4.78 is 0. The fourth-order valence-corrected chi connectivity index (χ4v) is 2.87. The van der Waals surface area contributed by atoms with E-state index in [9.17, 15) is 14.4 Å². The minimum atomic E-state index is -0.960. The molecule has 0 aliphatic heterocycles. The van der Waals surface area contributed by atoms with E-state index in [-0.39, 0.29) is 36.9 Å². The molecular formula is C17H19N3O4S. The third-order valence-electron chi connectivity index (χ3n) is 3.44. The Labute approximate surface area is 149 Å². The zero-order valence-electron chi connectivity index (χ0n) is 13.8. The molecule has 0 saturated heterocycles. The Kier molecular flexibility index (Phi) is 6.64. The quantitative estimate of drug-likeness (QED) is 0.751. The molecule has 7 nitrogen and oxygen atoms in total. The standard InChI is InChI=1S/C17H19N3O4S/c1-2-20(9-8-15(22)23)16(24)13-11-25-17(18-13)19-14(21)10-12-6-4-3-5-7-12/h3-7,11H,2,8-10H2,1H3,(H,22,23)(H,18,19,21). The summed E-state index contributed by atoms with van der Waals surface area (Å²) in [5, 5.41) is 13.3. The van der Waals surface area contributed by atoms with E-state index < -0.39 is 5.97 Å². The first kappa shape index (κ1) is 18.6. The summed E-state index contributed by atoms with van der Waals surface area (Å²) in [7, 11) is 0. The fourth-order valence-electron chi connectivity index (χ4n) is 2.17. The van der Waals surface area contributed by atoms with Crippen molar-refractivity contribution in [2.24, 2.45) is 0 Å². The van der Waals surface area contributed by atoms with E-state index >= 15 is 0 Å². The summed E-state index contributed by atoms with van der Waals surface area (Å²) in [6.07, 6.45) is 0.105. The first-order valence-electron chi connectivity index (χ1n) is 7.80. The molecule has 25 heavy (non-hydrogen) atoms. The van der Waals surface area contributed by atoms with E-state index in [1.165, 1.54) is 4.90 Å². The lowest BCUT2D eigenvalue weighted by atomic mass is 10.1. The first-order valence-corrected chi connectivity index (χ1v) is 8.68. The zero-order chi connectivity index (χ0) is 18.2. The molecule has 8 heteroatoms. The van der Waals surface area contributed by atoms with Gasteiger partial charge in [-0.3, -0.25) is 14.4 Å². The molecule has 1 aromatic carbocycles. The lowest BCUT2D eigenvalue weighted by molar-refractivity contribution is -0.137. The Morgan fingerprint density at radius 1 is 1.24 bits per heavy atom. The molecule has 0 aliphatic carbocycles. The van der Waals surface area contributed by atoms with Gasteiger partial charge in [-0.2, -0.15) is 0 Å². The second-order valence-corrected chi connectivity index (χ2v) is 6.14.